The Hall–Kier alpha value is -0.540. The van der Waals surface area contributed by atoms with Crippen LogP contribution in [0, 0.1) is 0 Å². The molecule has 0 amide bonds. The summed E-state index contributed by atoms with van der Waals surface area (Å²) in [7, 11) is 0. The van der Waals surface area contributed by atoms with E-state index in [-0.39, 0.29) is 0 Å². The van der Waals surface area contributed by atoms with Gasteiger partial charge in [0, 0.05) is 6.04 Å². The van der Waals surface area contributed by atoms with Crippen molar-refractivity contribution >= 4 is 15.9 Å². The summed E-state index contributed by atoms with van der Waals surface area (Å²) >= 11 is 3.31. The monoisotopic (exact) mass is 241 g/mol. The number of halogens is 1. The van der Waals surface area contributed by atoms with E-state index in [1.807, 2.05) is 12.1 Å². The molecule has 2 rings (SSSR count). The molecule has 0 aliphatic carbocycles. The summed E-state index contributed by atoms with van der Waals surface area (Å²) in [6, 6.07) is 6.32. The van der Waals surface area contributed by atoms with Crippen LogP contribution >= 0.6 is 15.9 Å². The van der Waals surface area contributed by atoms with Crippen LogP contribution in [-0.2, 0) is 6.42 Å². The third-order valence-corrected chi connectivity index (χ3v) is 3.06. The van der Waals surface area contributed by atoms with E-state index < -0.39 is 0 Å². The molecule has 0 bridgehead atoms. The van der Waals surface area contributed by atoms with E-state index in [4.69, 9.17) is 0 Å². The number of aromatic hydroxyl groups is 1. The molecule has 1 aromatic rings. The molecule has 0 spiro atoms. The fourth-order valence-corrected chi connectivity index (χ4v) is 1.91. The Bertz CT molecular complexity index is 310. The van der Waals surface area contributed by atoms with Gasteiger partial charge in [-0.25, -0.2) is 0 Å². The van der Waals surface area contributed by atoms with Crippen molar-refractivity contribution in [2.24, 2.45) is 0 Å². The van der Waals surface area contributed by atoms with Crippen LogP contribution in [0.1, 0.15) is 12.0 Å². The molecule has 1 atom stereocenters. The molecule has 0 radical (unpaired) electrons. The van der Waals surface area contributed by atoms with Gasteiger partial charge in [0.25, 0.3) is 0 Å². The van der Waals surface area contributed by atoms with E-state index in [2.05, 4.69) is 21.2 Å². The second kappa shape index (κ2) is 3.68. The van der Waals surface area contributed by atoms with Crippen LogP contribution < -0.4 is 5.32 Å². The van der Waals surface area contributed by atoms with E-state index in [0.717, 1.165) is 17.4 Å². The maximum Gasteiger partial charge on any atom is 0.129 e. The second-order valence-electron chi connectivity index (χ2n) is 3.43. The van der Waals surface area contributed by atoms with Crippen LogP contribution in [-0.4, -0.2) is 17.7 Å². The quantitative estimate of drug-likeness (QED) is 0.831. The highest BCUT2D eigenvalue weighted by atomic mass is 79.9. The summed E-state index contributed by atoms with van der Waals surface area (Å²) in [5.74, 6) is 0.310. The third kappa shape index (κ3) is 2.03. The normalized spacial score (nSPS) is 21.2. The van der Waals surface area contributed by atoms with E-state index in [1.165, 1.54) is 12.0 Å². The highest BCUT2D eigenvalue weighted by Gasteiger charge is 2.16. The van der Waals surface area contributed by atoms with Gasteiger partial charge in [-0.05, 0) is 53.0 Å². The van der Waals surface area contributed by atoms with Crippen LogP contribution in [0.25, 0.3) is 0 Å². The SMILES string of the molecule is Oc1ccc(CC2CCN2)cc1Br. The summed E-state index contributed by atoms with van der Waals surface area (Å²) in [6.07, 6.45) is 2.32. The smallest absolute Gasteiger partial charge is 0.129 e. The molecule has 3 heteroatoms. The number of nitrogens with one attached hydrogen (secondary N) is 1. The molecular formula is C10H12BrNO. The van der Waals surface area contributed by atoms with Crippen LogP contribution in [0.15, 0.2) is 22.7 Å². The van der Waals surface area contributed by atoms with Gasteiger partial charge in [0.15, 0.2) is 0 Å². The summed E-state index contributed by atoms with van der Waals surface area (Å²) < 4.78 is 0.782. The van der Waals surface area contributed by atoms with Gasteiger partial charge in [-0.1, -0.05) is 6.07 Å². The molecule has 1 unspecified atom stereocenters. The summed E-state index contributed by atoms with van der Waals surface area (Å²) in [6.45, 7) is 1.14. The molecular weight excluding hydrogens is 230 g/mol. The zero-order valence-electron chi connectivity index (χ0n) is 7.26. The lowest BCUT2D eigenvalue weighted by Gasteiger charge is -2.27. The van der Waals surface area contributed by atoms with Crippen molar-refractivity contribution in [3.8, 4) is 5.75 Å². The number of benzene rings is 1. The Balaban J connectivity index is 2.07. The van der Waals surface area contributed by atoms with Gasteiger partial charge in [0.2, 0.25) is 0 Å². The topological polar surface area (TPSA) is 32.3 Å². The zero-order valence-corrected chi connectivity index (χ0v) is 8.84. The summed E-state index contributed by atoms with van der Waals surface area (Å²) in [4.78, 5) is 0. The molecule has 0 aromatic heterocycles. The lowest BCUT2D eigenvalue weighted by Crippen LogP contribution is -2.44. The predicted molar refractivity (Wildman–Crippen MR) is 55.9 cm³/mol. The molecule has 13 heavy (non-hydrogen) atoms. The van der Waals surface area contributed by atoms with Crippen molar-refractivity contribution in [3.05, 3.63) is 28.2 Å². The molecule has 70 valence electrons. The molecule has 1 aliphatic heterocycles. The summed E-state index contributed by atoms with van der Waals surface area (Å²) in [5, 5.41) is 12.6. The maximum atomic E-state index is 9.29. The minimum atomic E-state index is 0.310. The first-order valence-electron chi connectivity index (χ1n) is 4.46. The van der Waals surface area contributed by atoms with Gasteiger partial charge in [0.05, 0.1) is 4.47 Å². The first kappa shape index (κ1) is 9.03. The molecule has 1 aliphatic rings. The van der Waals surface area contributed by atoms with Crippen LogP contribution in [0.4, 0.5) is 0 Å². The minimum Gasteiger partial charge on any atom is -0.507 e. The van der Waals surface area contributed by atoms with Gasteiger partial charge >= 0.3 is 0 Å². The van der Waals surface area contributed by atoms with Crippen molar-refractivity contribution in [3.63, 3.8) is 0 Å². The average molecular weight is 242 g/mol. The van der Waals surface area contributed by atoms with Gasteiger partial charge < -0.3 is 10.4 Å². The largest absolute Gasteiger partial charge is 0.507 e. The van der Waals surface area contributed by atoms with Crippen molar-refractivity contribution in [2.75, 3.05) is 6.54 Å². The van der Waals surface area contributed by atoms with Crippen molar-refractivity contribution in [2.45, 2.75) is 18.9 Å². The molecule has 1 fully saturated rings. The molecule has 1 saturated heterocycles. The molecule has 1 heterocycles. The first-order valence-corrected chi connectivity index (χ1v) is 5.26. The van der Waals surface area contributed by atoms with Crippen molar-refractivity contribution in [1.82, 2.24) is 5.32 Å². The molecule has 1 aromatic carbocycles. The van der Waals surface area contributed by atoms with Gasteiger partial charge in [-0.15, -0.1) is 0 Å². The van der Waals surface area contributed by atoms with E-state index >= 15 is 0 Å². The number of rotatable bonds is 2. The number of hydrogen-bond donors (Lipinski definition) is 2. The minimum absolute atomic E-state index is 0.310. The summed E-state index contributed by atoms with van der Waals surface area (Å²) in [5.41, 5.74) is 1.27. The second-order valence-corrected chi connectivity index (χ2v) is 4.28. The van der Waals surface area contributed by atoms with Crippen LogP contribution in [0.3, 0.4) is 0 Å². The van der Waals surface area contributed by atoms with E-state index in [0.29, 0.717) is 11.8 Å². The van der Waals surface area contributed by atoms with Gasteiger partial charge in [-0.2, -0.15) is 0 Å². The number of phenolic OH excluding ortho intramolecular Hbond substituents is 1. The standard InChI is InChI=1S/C10H12BrNO/c11-9-6-7(1-2-10(9)13)5-8-3-4-12-8/h1-2,6,8,12-13H,3-5H2. The Morgan fingerprint density at radius 1 is 1.54 bits per heavy atom. The van der Waals surface area contributed by atoms with Crippen molar-refractivity contribution in [1.29, 1.82) is 0 Å². The highest BCUT2D eigenvalue weighted by Crippen LogP contribution is 2.25. The molecule has 2 nitrogen and oxygen atoms in total. The Kier molecular flexibility index (Phi) is 2.56. The lowest BCUT2D eigenvalue weighted by atomic mass is 9.98. The van der Waals surface area contributed by atoms with Crippen LogP contribution in [0.5, 0.6) is 5.75 Å². The predicted octanol–water partition coefficient (Wildman–Crippen LogP) is 2.06. The number of hydrogen-bond acceptors (Lipinski definition) is 2. The van der Waals surface area contributed by atoms with E-state index in [1.54, 1.807) is 6.07 Å². The van der Waals surface area contributed by atoms with Gasteiger partial charge in [-0.3, -0.25) is 0 Å². The van der Waals surface area contributed by atoms with Crippen molar-refractivity contribution < 1.29 is 5.11 Å². The first-order chi connectivity index (χ1) is 6.25. The average Bonchev–Trinajstić information content (AvgIpc) is 2.04. The fourth-order valence-electron chi connectivity index (χ4n) is 1.48. The number of phenols is 1. The molecule has 2 N–H and O–H groups in total. The lowest BCUT2D eigenvalue weighted by molar-refractivity contribution is 0.369. The third-order valence-electron chi connectivity index (χ3n) is 2.42. The molecule has 0 saturated carbocycles. The Morgan fingerprint density at radius 2 is 2.31 bits per heavy atom. The Morgan fingerprint density at radius 3 is 2.85 bits per heavy atom. The fraction of sp³-hybridized carbons (Fsp3) is 0.400. The maximum absolute atomic E-state index is 9.29. The van der Waals surface area contributed by atoms with Crippen LogP contribution in [0.2, 0.25) is 0 Å². The van der Waals surface area contributed by atoms with Gasteiger partial charge in [0.1, 0.15) is 5.75 Å². The zero-order chi connectivity index (χ0) is 9.26. The highest BCUT2D eigenvalue weighted by molar-refractivity contribution is 9.10. The van der Waals surface area contributed by atoms with E-state index in [9.17, 15) is 5.11 Å². The Labute approximate surface area is 86.1 Å².